The molecule has 0 amide bonds. The molecule has 0 aliphatic heterocycles. The van der Waals surface area contributed by atoms with Gasteiger partial charge < -0.3 is 19.3 Å². The first-order chi connectivity index (χ1) is 11.0. The SMILES string of the molecule is COc1cc(C(=O)O)c(C(=O)c2ccccc2)c(OC)c1OC. The van der Waals surface area contributed by atoms with E-state index in [1.807, 2.05) is 0 Å². The van der Waals surface area contributed by atoms with E-state index in [0.29, 0.717) is 5.56 Å². The summed E-state index contributed by atoms with van der Waals surface area (Å²) in [7, 11) is 4.10. The Kier molecular flexibility index (Phi) is 4.85. The number of hydrogen-bond acceptors (Lipinski definition) is 5. The Labute approximate surface area is 133 Å². The van der Waals surface area contributed by atoms with Crippen LogP contribution in [0.4, 0.5) is 0 Å². The Bertz CT molecular complexity index is 736. The van der Waals surface area contributed by atoms with Crippen LogP contribution in [0, 0.1) is 0 Å². The lowest BCUT2D eigenvalue weighted by Gasteiger charge is -2.17. The molecule has 0 aliphatic rings. The minimum atomic E-state index is -1.26. The van der Waals surface area contributed by atoms with Gasteiger partial charge in [0, 0.05) is 5.56 Å². The quantitative estimate of drug-likeness (QED) is 0.825. The molecule has 2 rings (SSSR count). The predicted molar refractivity (Wildman–Crippen MR) is 82.9 cm³/mol. The van der Waals surface area contributed by atoms with E-state index < -0.39 is 11.8 Å². The summed E-state index contributed by atoms with van der Waals surface area (Å²) >= 11 is 0. The van der Waals surface area contributed by atoms with Gasteiger partial charge in [-0.2, -0.15) is 0 Å². The maximum atomic E-state index is 12.8. The van der Waals surface area contributed by atoms with Crippen molar-refractivity contribution in [3.05, 3.63) is 53.1 Å². The molecule has 2 aromatic rings. The average molecular weight is 316 g/mol. The van der Waals surface area contributed by atoms with E-state index in [9.17, 15) is 14.7 Å². The maximum Gasteiger partial charge on any atom is 0.336 e. The van der Waals surface area contributed by atoms with E-state index in [4.69, 9.17) is 14.2 Å². The van der Waals surface area contributed by atoms with Crippen molar-refractivity contribution >= 4 is 11.8 Å². The molecular formula is C17H16O6. The van der Waals surface area contributed by atoms with Gasteiger partial charge in [-0.3, -0.25) is 4.79 Å². The van der Waals surface area contributed by atoms with Gasteiger partial charge in [-0.15, -0.1) is 0 Å². The van der Waals surface area contributed by atoms with Crippen LogP contribution in [0.15, 0.2) is 36.4 Å². The Morgan fingerprint density at radius 2 is 1.52 bits per heavy atom. The van der Waals surface area contributed by atoms with Gasteiger partial charge in [-0.1, -0.05) is 30.3 Å². The molecule has 0 heterocycles. The minimum Gasteiger partial charge on any atom is -0.493 e. The summed E-state index contributed by atoms with van der Waals surface area (Å²) in [6, 6.07) is 9.61. The van der Waals surface area contributed by atoms with Crippen molar-refractivity contribution in [2.75, 3.05) is 21.3 Å². The fourth-order valence-corrected chi connectivity index (χ4v) is 2.28. The van der Waals surface area contributed by atoms with E-state index in [1.165, 1.54) is 27.4 Å². The van der Waals surface area contributed by atoms with Gasteiger partial charge in [-0.25, -0.2) is 4.79 Å². The molecule has 0 aromatic heterocycles. The van der Waals surface area contributed by atoms with Crippen molar-refractivity contribution in [1.29, 1.82) is 0 Å². The number of benzene rings is 2. The fourth-order valence-electron chi connectivity index (χ4n) is 2.28. The van der Waals surface area contributed by atoms with Crippen LogP contribution in [-0.4, -0.2) is 38.2 Å². The molecule has 6 nitrogen and oxygen atoms in total. The molecule has 0 spiro atoms. The number of carboxylic acid groups (broad SMARTS) is 1. The average Bonchev–Trinajstić information content (AvgIpc) is 2.59. The van der Waals surface area contributed by atoms with Crippen LogP contribution < -0.4 is 14.2 Å². The molecule has 23 heavy (non-hydrogen) atoms. The Morgan fingerprint density at radius 1 is 0.913 bits per heavy atom. The Hall–Kier alpha value is -3.02. The molecule has 120 valence electrons. The summed E-state index contributed by atoms with van der Waals surface area (Å²) in [4.78, 5) is 24.4. The van der Waals surface area contributed by atoms with E-state index in [1.54, 1.807) is 30.3 Å². The van der Waals surface area contributed by atoms with E-state index in [2.05, 4.69) is 0 Å². The molecule has 6 heteroatoms. The van der Waals surface area contributed by atoms with Crippen molar-refractivity contribution in [3.8, 4) is 17.2 Å². The van der Waals surface area contributed by atoms with E-state index >= 15 is 0 Å². The number of carbonyl (C=O) groups excluding carboxylic acids is 1. The molecule has 0 radical (unpaired) electrons. The summed E-state index contributed by atoms with van der Waals surface area (Å²) in [5.74, 6) is -1.37. The van der Waals surface area contributed by atoms with Crippen LogP contribution in [0.3, 0.4) is 0 Å². The smallest absolute Gasteiger partial charge is 0.336 e. The van der Waals surface area contributed by atoms with Crippen molar-refractivity contribution in [2.24, 2.45) is 0 Å². The first-order valence-corrected chi connectivity index (χ1v) is 6.71. The zero-order valence-corrected chi connectivity index (χ0v) is 13.0. The number of hydrogen-bond donors (Lipinski definition) is 1. The second-order valence-corrected chi connectivity index (χ2v) is 4.57. The van der Waals surface area contributed by atoms with Gasteiger partial charge >= 0.3 is 5.97 Å². The van der Waals surface area contributed by atoms with Gasteiger partial charge in [0.25, 0.3) is 0 Å². The fraction of sp³-hybridized carbons (Fsp3) is 0.176. The van der Waals surface area contributed by atoms with Gasteiger partial charge in [0.05, 0.1) is 32.5 Å². The lowest BCUT2D eigenvalue weighted by Crippen LogP contribution is -2.13. The third-order valence-corrected chi connectivity index (χ3v) is 3.32. The summed E-state index contributed by atoms with van der Waals surface area (Å²) in [5.41, 5.74) is 0.0534. The third kappa shape index (κ3) is 2.96. The van der Waals surface area contributed by atoms with Crippen LogP contribution >= 0.6 is 0 Å². The molecule has 2 aromatic carbocycles. The van der Waals surface area contributed by atoms with Gasteiger partial charge in [-0.05, 0) is 6.07 Å². The second-order valence-electron chi connectivity index (χ2n) is 4.57. The molecule has 0 saturated carbocycles. The number of rotatable bonds is 6. The summed E-state index contributed by atoms with van der Waals surface area (Å²) < 4.78 is 15.6. The Morgan fingerprint density at radius 3 is 2.00 bits per heavy atom. The van der Waals surface area contributed by atoms with Crippen LogP contribution in [0.5, 0.6) is 17.2 Å². The van der Waals surface area contributed by atoms with Crippen molar-refractivity contribution < 1.29 is 28.9 Å². The highest BCUT2D eigenvalue weighted by atomic mass is 16.5. The molecule has 1 N–H and O–H groups in total. The van der Waals surface area contributed by atoms with Crippen molar-refractivity contribution in [2.45, 2.75) is 0 Å². The molecule has 0 bridgehead atoms. The minimum absolute atomic E-state index is 0.0260. The summed E-state index contributed by atoms with van der Waals surface area (Å²) in [6.07, 6.45) is 0. The number of ether oxygens (including phenoxy) is 3. The molecule has 0 unspecified atom stereocenters. The zero-order chi connectivity index (χ0) is 17.0. The van der Waals surface area contributed by atoms with Gasteiger partial charge in [0.1, 0.15) is 0 Å². The number of aromatic carboxylic acids is 1. The molecule has 0 saturated heterocycles. The van der Waals surface area contributed by atoms with Crippen molar-refractivity contribution in [3.63, 3.8) is 0 Å². The first-order valence-electron chi connectivity index (χ1n) is 6.71. The van der Waals surface area contributed by atoms with Gasteiger partial charge in [0.2, 0.25) is 5.75 Å². The molecule has 0 fully saturated rings. The zero-order valence-electron chi connectivity index (χ0n) is 13.0. The lowest BCUT2D eigenvalue weighted by molar-refractivity contribution is 0.0691. The van der Waals surface area contributed by atoms with Crippen LogP contribution in [0.2, 0.25) is 0 Å². The largest absolute Gasteiger partial charge is 0.493 e. The second kappa shape index (κ2) is 6.83. The van der Waals surface area contributed by atoms with Crippen LogP contribution in [-0.2, 0) is 0 Å². The van der Waals surface area contributed by atoms with Crippen molar-refractivity contribution in [1.82, 2.24) is 0 Å². The maximum absolute atomic E-state index is 12.8. The third-order valence-electron chi connectivity index (χ3n) is 3.32. The van der Waals surface area contributed by atoms with E-state index in [-0.39, 0.29) is 28.4 Å². The van der Waals surface area contributed by atoms with Gasteiger partial charge in [0.15, 0.2) is 17.3 Å². The summed E-state index contributed by atoms with van der Waals surface area (Å²) in [6.45, 7) is 0. The highest BCUT2D eigenvalue weighted by Crippen LogP contribution is 2.42. The highest BCUT2D eigenvalue weighted by molar-refractivity contribution is 6.16. The molecule has 0 atom stereocenters. The molecule has 0 aliphatic carbocycles. The number of ketones is 1. The number of carboxylic acids is 1. The van der Waals surface area contributed by atoms with Crippen LogP contribution in [0.25, 0.3) is 0 Å². The summed E-state index contributed by atoms with van der Waals surface area (Å²) in [5, 5.41) is 9.46. The lowest BCUT2D eigenvalue weighted by atomic mass is 9.96. The molecular weight excluding hydrogens is 300 g/mol. The topological polar surface area (TPSA) is 82.1 Å². The first kappa shape index (κ1) is 16.4. The van der Waals surface area contributed by atoms with Crippen LogP contribution in [0.1, 0.15) is 26.3 Å². The Balaban J connectivity index is 2.79. The predicted octanol–water partition coefficient (Wildman–Crippen LogP) is 2.64. The monoisotopic (exact) mass is 316 g/mol. The van der Waals surface area contributed by atoms with E-state index in [0.717, 1.165) is 0 Å². The highest BCUT2D eigenvalue weighted by Gasteiger charge is 2.28. The normalized spacial score (nSPS) is 10.0. The standard InChI is InChI=1S/C17H16O6/c1-21-12-9-11(17(19)20)13(16(23-3)15(12)22-2)14(18)10-7-5-4-6-8-10/h4-9H,1-3H3,(H,19,20). The number of carbonyl (C=O) groups is 2. The number of methoxy groups -OCH3 is 3.